The summed E-state index contributed by atoms with van der Waals surface area (Å²) >= 11 is 1.44. The van der Waals surface area contributed by atoms with Gasteiger partial charge in [-0.05, 0) is 37.7 Å². The zero-order valence-corrected chi connectivity index (χ0v) is 18.1. The summed E-state index contributed by atoms with van der Waals surface area (Å²) in [6.07, 6.45) is 0.790. The second-order valence-electron chi connectivity index (χ2n) is 7.35. The van der Waals surface area contributed by atoms with E-state index in [1.807, 2.05) is 51.4 Å². The molecule has 0 saturated carbocycles. The number of nitrogens with one attached hydrogen (secondary N) is 2. The first-order valence-corrected chi connectivity index (χ1v) is 10.7. The van der Waals surface area contributed by atoms with Crippen LogP contribution in [0.4, 0.5) is 0 Å². The fraction of sp³-hybridized carbons (Fsp3) is 0.304. The number of aromatic amines is 1. The summed E-state index contributed by atoms with van der Waals surface area (Å²) in [5, 5.41) is 3.81. The number of hydrogen-bond acceptors (Lipinski definition) is 4. The SMILES string of the molecule is Cc1[nH]c(SCC(=O)NCc2ccccc2CN(C)C)nc1Cc1ccccc1. The van der Waals surface area contributed by atoms with Crippen LogP contribution in [0.2, 0.25) is 0 Å². The molecule has 0 fully saturated rings. The Morgan fingerprint density at radius 3 is 2.48 bits per heavy atom. The molecule has 2 N–H and O–H groups in total. The normalized spacial score (nSPS) is 11.0. The molecular formula is C23H28N4OS. The van der Waals surface area contributed by atoms with Crippen LogP contribution < -0.4 is 5.32 Å². The van der Waals surface area contributed by atoms with Gasteiger partial charge in [0.05, 0.1) is 11.4 Å². The number of benzene rings is 2. The van der Waals surface area contributed by atoms with E-state index >= 15 is 0 Å². The summed E-state index contributed by atoms with van der Waals surface area (Å²) in [6, 6.07) is 18.5. The average molecular weight is 409 g/mol. The lowest BCUT2D eigenvalue weighted by Gasteiger charge is -2.14. The van der Waals surface area contributed by atoms with Gasteiger partial charge >= 0.3 is 0 Å². The van der Waals surface area contributed by atoms with Gasteiger partial charge in [0.25, 0.3) is 0 Å². The highest BCUT2D eigenvalue weighted by Gasteiger charge is 2.11. The first-order chi connectivity index (χ1) is 14.0. The first-order valence-electron chi connectivity index (χ1n) is 9.71. The second kappa shape index (κ2) is 10.3. The van der Waals surface area contributed by atoms with Gasteiger partial charge in [0.1, 0.15) is 0 Å². The number of imidazole rings is 1. The summed E-state index contributed by atoms with van der Waals surface area (Å²) < 4.78 is 0. The lowest BCUT2D eigenvalue weighted by Crippen LogP contribution is -2.25. The van der Waals surface area contributed by atoms with Gasteiger partial charge in [-0.1, -0.05) is 66.4 Å². The van der Waals surface area contributed by atoms with Gasteiger partial charge in [-0.25, -0.2) is 4.98 Å². The number of hydrogen-bond donors (Lipinski definition) is 2. The van der Waals surface area contributed by atoms with Crippen molar-refractivity contribution in [3.05, 3.63) is 82.7 Å². The lowest BCUT2D eigenvalue weighted by atomic mass is 10.1. The number of H-pyrrole nitrogens is 1. The van der Waals surface area contributed by atoms with Gasteiger partial charge in [-0.2, -0.15) is 0 Å². The van der Waals surface area contributed by atoms with Crippen LogP contribution in [0.1, 0.15) is 28.1 Å². The number of nitrogens with zero attached hydrogens (tertiary/aromatic N) is 2. The molecule has 3 aromatic rings. The lowest BCUT2D eigenvalue weighted by molar-refractivity contribution is -0.118. The molecular weight excluding hydrogens is 380 g/mol. The average Bonchev–Trinajstić information content (AvgIpc) is 3.05. The van der Waals surface area contributed by atoms with E-state index in [1.54, 1.807) is 0 Å². The number of rotatable bonds is 9. The van der Waals surface area contributed by atoms with E-state index in [2.05, 4.69) is 44.5 Å². The summed E-state index contributed by atoms with van der Waals surface area (Å²) in [4.78, 5) is 22.4. The van der Waals surface area contributed by atoms with E-state index in [0.717, 1.165) is 35.1 Å². The molecule has 0 aliphatic heterocycles. The summed E-state index contributed by atoms with van der Waals surface area (Å²) in [5.74, 6) is 0.349. The van der Waals surface area contributed by atoms with Gasteiger partial charge in [-0.3, -0.25) is 4.79 Å². The van der Waals surface area contributed by atoms with Gasteiger partial charge in [0.15, 0.2) is 5.16 Å². The van der Waals surface area contributed by atoms with Crippen LogP contribution in [-0.2, 0) is 24.3 Å². The highest BCUT2D eigenvalue weighted by atomic mass is 32.2. The van der Waals surface area contributed by atoms with E-state index < -0.39 is 0 Å². The maximum absolute atomic E-state index is 12.3. The van der Waals surface area contributed by atoms with Crippen molar-refractivity contribution in [2.45, 2.75) is 31.6 Å². The largest absolute Gasteiger partial charge is 0.351 e. The number of amides is 1. The zero-order chi connectivity index (χ0) is 20.6. The maximum Gasteiger partial charge on any atom is 0.230 e. The van der Waals surface area contributed by atoms with Crippen molar-refractivity contribution in [1.29, 1.82) is 0 Å². The number of thioether (sulfide) groups is 1. The molecule has 0 spiro atoms. The molecule has 0 aliphatic carbocycles. The Bertz CT molecular complexity index is 937. The van der Waals surface area contributed by atoms with E-state index in [-0.39, 0.29) is 5.91 Å². The van der Waals surface area contributed by atoms with E-state index in [4.69, 9.17) is 0 Å². The number of aromatic nitrogens is 2. The van der Waals surface area contributed by atoms with Crippen LogP contribution in [0.25, 0.3) is 0 Å². The molecule has 0 radical (unpaired) electrons. The number of carbonyl (C=O) groups is 1. The Morgan fingerprint density at radius 2 is 1.76 bits per heavy atom. The van der Waals surface area contributed by atoms with Crippen molar-refractivity contribution in [2.24, 2.45) is 0 Å². The third kappa shape index (κ3) is 6.48. The quantitative estimate of drug-likeness (QED) is 0.529. The Balaban J connectivity index is 1.51. The summed E-state index contributed by atoms with van der Waals surface area (Å²) in [7, 11) is 4.09. The minimum absolute atomic E-state index is 0.00770. The summed E-state index contributed by atoms with van der Waals surface area (Å²) in [5.41, 5.74) is 5.69. The molecule has 0 bridgehead atoms. The van der Waals surface area contributed by atoms with Crippen LogP contribution in [0.15, 0.2) is 59.8 Å². The summed E-state index contributed by atoms with van der Waals surface area (Å²) in [6.45, 7) is 3.42. The van der Waals surface area contributed by atoms with Crippen LogP contribution in [0.5, 0.6) is 0 Å². The predicted molar refractivity (Wildman–Crippen MR) is 119 cm³/mol. The predicted octanol–water partition coefficient (Wildman–Crippen LogP) is 3.78. The number of aryl methyl sites for hydroxylation is 1. The molecule has 1 heterocycles. The molecule has 3 rings (SSSR count). The van der Waals surface area contributed by atoms with Crippen LogP contribution in [-0.4, -0.2) is 40.6 Å². The highest BCUT2D eigenvalue weighted by Crippen LogP contribution is 2.19. The third-order valence-corrected chi connectivity index (χ3v) is 5.47. The molecule has 29 heavy (non-hydrogen) atoms. The van der Waals surface area contributed by atoms with Crippen LogP contribution >= 0.6 is 11.8 Å². The molecule has 5 nitrogen and oxygen atoms in total. The molecule has 152 valence electrons. The van der Waals surface area contributed by atoms with Crippen molar-refractivity contribution < 1.29 is 4.79 Å². The van der Waals surface area contributed by atoms with Gasteiger partial charge in [0, 0.05) is 25.2 Å². The second-order valence-corrected chi connectivity index (χ2v) is 8.31. The van der Waals surface area contributed by atoms with Crippen molar-refractivity contribution in [3.8, 4) is 0 Å². The van der Waals surface area contributed by atoms with Gasteiger partial charge in [0.2, 0.25) is 5.91 Å². The van der Waals surface area contributed by atoms with Gasteiger partial charge in [-0.15, -0.1) is 0 Å². The van der Waals surface area contributed by atoms with Gasteiger partial charge < -0.3 is 15.2 Å². The van der Waals surface area contributed by atoms with Crippen molar-refractivity contribution in [2.75, 3.05) is 19.8 Å². The Hall–Kier alpha value is -2.57. The minimum Gasteiger partial charge on any atom is -0.351 e. The molecule has 0 unspecified atom stereocenters. The third-order valence-electron chi connectivity index (χ3n) is 4.60. The van der Waals surface area contributed by atoms with Crippen LogP contribution in [0.3, 0.4) is 0 Å². The minimum atomic E-state index is 0.00770. The smallest absolute Gasteiger partial charge is 0.230 e. The van der Waals surface area contributed by atoms with E-state index in [9.17, 15) is 4.79 Å². The molecule has 0 aliphatic rings. The first kappa shape index (κ1) is 21.1. The highest BCUT2D eigenvalue weighted by molar-refractivity contribution is 7.99. The van der Waals surface area contributed by atoms with Crippen molar-refractivity contribution in [3.63, 3.8) is 0 Å². The fourth-order valence-corrected chi connectivity index (χ4v) is 3.87. The molecule has 1 amide bonds. The molecule has 2 aromatic carbocycles. The van der Waals surface area contributed by atoms with Crippen LogP contribution in [0, 0.1) is 6.92 Å². The standard InChI is InChI=1S/C23H28N4OS/c1-17-21(13-18-9-5-4-6-10-18)26-23(25-17)29-16-22(28)24-14-19-11-7-8-12-20(19)15-27(2)3/h4-12H,13-16H2,1-3H3,(H,24,28)(H,25,26). The zero-order valence-electron chi connectivity index (χ0n) is 17.2. The molecule has 0 saturated heterocycles. The number of carbonyl (C=O) groups excluding carboxylic acids is 1. The Labute approximate surface area is 176 Å². The Morgan fingerprint density at radius 1 is 1.07 bits per heavy atom. The van der Waals surface area contributed by atoms with E-state index in [1.165, 1.54) is 22.9 Å². The van der Waals surface area contributed by atoms with Crippen molar-refractivity contribution in [1.82, 2.24) is 20.2 Å². The molecule has 1 aromatic heterocycles. The molecule has 0 atom stereocenters. The topological polar surface area (TPSA) is 61.0 Å². The fourth-order valence-electron chi connectivity index (χ4n) is 3.10. The van der Waals surface area contributed by atoms with E-state index in [0.29, 0.717) is 12.3 Å². The van der Waals surface area contributed by atoms with Crippen molar-refractivity contribution >= 4 is 17.7 Å². The molecule has 6 heteroatoms. The maximum atomic E-state index is 12.3. The monoisotopic (exact) mass is 408 g/mol. The Kier molecular flexibility index (Phi) is 7.49.